The Hall–Kier alpha value is -0.670. The number of nitrogens with zero attached hydrogens (tertiary/aromatic N) is 2. The van der Waals surface area contributed by atoms with Crippen LogP contribution in [0.3, 0.4) is 0 Å². The highest BCUT2D eigenvalue weighted by Crippen LogP contribution is 2.15. The number of thiophene rings is 1. The van der Waals surface area contributed by atoms with Crippen molar-refractivity contribution in [2.75, 3.05) is 6.54 Å². The summed E-state index contributed by atoms with van der Waals surface area (Å²) >= 11 is 3.47. The van der Waals surface area contributed by atoms with E-state index in [1.807, 2.05) is 13.1 Å². The number of halogens is 1. The average Bonchev–Trinajstić information content (AvgIpc) is 3.02. The number of rotatable bonds is 5. The summed E-state index contributed by atoms with van der Waals surface area (Å²) in [6.45, 7) is 8.57. The van der Waals surface area contributed by atoms with Crippen LogP contribution in [-0.2, 0) is 13.1 Å². The standard InChI is InChI=1S/C14H20N4S2.HI/c1-4-15-14(17-8-12-7-16-11(3)20-12)18-9-13-10(2)5-6-19-13;/h5-7H,4,8-9H2,1-3H3,(H2,15,17,18);1H. The van der Waals surface area contributed by atoms with Gasteiger partial charge in [-0.3, -0.25) is 0 Å². The molecule has 116 valence electrons. The van der Waals surface area contributed by atoms with Gasteiger partial charge in [-0.05, 0) is 37.8 Å². The Morgan fingerprint density at radius 3 is 2.71 bits per heavy atom. The van der Waals surface area contributed by atoms with Gasteiger partial charge in [-0.1, -0.05) is 0 Å². The number of hydrogen-bond acceptors (Lipinski definition) is 4. The molecule has 2 rings (SSSR count). The van der Waals surface area contributed by atoms with E-state index in [0.29, 0.717) is 6.54 Å². The lowest BCUT2D eigenvalue weighted by Crippen LogP contribution is -2.36. The van der Waals surface area contributed by atoms with Gasteiger partial charge in [0.2, 0.25) is 0 Å². The molecule has 2 N–H and O–H groups in total. The van der Waals surface area contributed by atoms with Crippen LogP contribution in [-0.4, -0.2) is 17.5 Å². The topological polar surface area (TPSA) is 49.3 Å². The van der Waals surface area contributed by atoms with E-state index in [0.717, 1.165) is 24.1 Å². The van der Waals surface area contributed by atoms with E-state index in [-0.39, 0.29) is 24.0 Å². The molecule has 0 bridgehead atoms. The van der Waals surface area contributed by atoms with Crippen molar-refractivity contribution in [3.05, 3.63) is 38.0 Å². The minimum absolute atomic E-state index is 0. The molecule has 2 heterocycles. The van der Waals surface area contributed by atoms with Crippen molar-refractivity contribution in [2.24, 2.45) is 4.99 Å². The van der Waals surface area contributed by atoms with Crippen LogP contribution in [0.25, 0.3) is 0 Å². The molecule has 7 heteroatoms. The number of aliphatic imine (C=N–C) groups is 1. The largest absolute Gasteiger partial charge is 0.357 e. The van der Waals surface area contributed by atoms with Gasteiger partial charge in [-0.25, -0.2) is 9.98 Å². The zero-order chi connectivity index (χ0) is 14.4. The minimum Gasteiger partial charge on any atom is -0.357 e. The maximum Gasteiger partial charge on any atom is 0.191 e. The van der Waals surface area contributed by atoms with E-state index >= 15 is 0 Å². The predicted octanol–water partition coefficient (Wildman–Crippen LogP) is 3.69. The van der Waals surface area contributed by atoms with Crippen molar-refractivity contribution in [1.82, 2.24) is 15.6 Å². The van der Waals surface area contributed by atoms with Crippen molar-refractivity contribution in [3.8, 4) is 0 Å². The highest BCUT2D eigenvalue weighted by atomic mass is 127. The lowest BCUT2D eigenvalue weighted by molar-refractivity contribution is 0.822. The minimum atomic E-state index is 0. The molecular formula is C14H21IN4S2. The van der Waals surface area contributed by atoms with E-state index in [9.17, 15) is 0 Å². The molecular weight excluding hydrogens is 415 g/mol. The zero-order valence-corrected chi connectivity index (χ0v) is 16.4. The highest BCUT2D eigenvalue weighted by molar-refractivity contribution is 14.0. The van der Waals surface area contributed by atoms with Crippen LogP contribution in [0.1, 0.15) is 27.2 Å². The van der Waals surface area contributed by atoms with E-state index in [4.69, 9.17) is 0 Å². The fraction of sp³-hybridized carbons (Fsp3) is 0.429. The van der Waals surface area contributed by atoms with Crippen molar-refractivity contribution in [2.45, 2.75) is 33.9 Å². The highest BCUT2D eigenvalue weighted by Gasteiger charge is 2.03. The normalized spacial score (nSPS) is 11.1. The number of hydrogen-bond donors (Lipinski definition) is 2. The van der Waals surface area contributed by atoms with Gasteiger partial charge in [0.25, 0.3) is 0 Å². The third-order valence-electron chi connectivity index (χ3n) is 2.79. The van der Waals surface area contributed by atoms with Gasteiger partial charge in [-0.2, -0.15) is 0 Å². The smallest absolute Gasteiger partial charge is 0.191 e. The first-order valence-electron chi connectivity index (χ1n) is 6.65. The predicted molar refractivity (Wildman–Crippen MR) is 103 cm³/mol. The Kier molecular flexibility index (Phi) is 8.20. The first-order chi connectivity index (χ1) is 9.69. The SMILES string of the molecule is CCNC(=NCc1cnc(C)s1)NCc1sccc1C.I. The summed E-state index contributed by atoms with van der Waals surface area (Å²) in [4.78, 5) is 11.4. The second kappa shape index (κ2) is 9.37. The van der Waals surface area contributed by atoms with E-state index < -0.39 is 0 Å². The van der Waals surface area contributed by atoms with Gasteiger partial charge in [0.1, 0.15) is 0 Å². The monoisotopic (exact) mass is 436 g/mol. The fourth-order valence-corrected chi connectivity index (χ4v) is 3.29. The Labute approximate surface area is 151 Å². The van der Waals surface area contributed by atoms with Gasteiger partial charge in [0.05, 0.1) is 18.1 Å². The van der Waals surface area contributed by atoms with Crippen LogP contribution in [0, 0.1) is 13.8 Å². The second-order valence-electron chi connectivity index (χ2n) is 4.42. The molecule has 0 aliphatic rings. The molecule has 0 aromatic carbocycles. The van der Waals surface area contributed by atoms with E-state index in [1.54, 1.807) is 22.7 Å². The summed E-state index contributed by atoms with van der Waals surface area (Å²) in [6.07, 6.45) is 1.90. The van der Waals surface area contributed by atoms with Crippen LogP contribution < -0.4 is 10.6 Å². The van der Waals surface area contributed by atoms with Gasteiger partial charge in [0.15, 0.2) is 5.96 Å². The van der Waals surface area contributed by atoms with Gasteiger partial charge >= 0.3 is 0 Å². The number of aryl methyl sites for hydroxylation is 2. The summed E-state index contributed by atoms with van der Waals surface area (Å²) in [6, 6.07) is 2.14. The van der Waals surface area contributed by atoms with Crippen molar-refractivity contribution in [1.29, 1.82) is 0 Å². The second-order valence-corrected chi connectivity index (χ2v) is 6.74. The number of thiazole rings is 1. The Morgan fingerprint density at radius 1 is 1.33 bits per heavy atom. The summed E-state index contributed by atoms with van der Waals surface area (Å²) in [5, 5.41) is 9.85. The molecule has 2 aromatic rings. The number of nitrogens with one attached hydrogen (secondary N) is 2. The first kappa shape index (κ1) is 18.4. The van der Waals surface area contributed by atoms with E-state index in [2.05, 4.69) is 45.9 Å². The third kappa shape index (κ3) is 5.91. The van der Waals surface area contributed by atoms with Crippen molar-refractivity contribution in [3.63, 3.8) is 0 Å². The van der Waals surface area contributed by atoms with Crippen LogP contribution in [0.4, 0.5) is 0 Å². The number of guanidine groups is 1. The molecule has 0 aliphatic heterocycles. The van der Waals surface area contributed by atoms with E-state index in [1.165, 1.54) is 15.3 Å². The van der Waals surface area contributed by atoms with Crippen LogP contribution in [0.15, 0.2) is 22.6 Å². The lowest BCUT2D eigenvalue weighted by atomic mass is 10.3. The van der Waals surface area contributed by atoms with Crippen LogP contribution in [0.2, 0.25) is 0 Å². The third-order valence-corrected chi connectivity index (χ3v) is 4.71. The molecule has 0 spiro atoms. The van der Waals surface area contributed by atoms with Gasteiger partial charge < -0.3 is 10.6 Å². The maximum absolute atomic E-state index is 4.60. The number of aromatic nitrogens is 1. The summed E-state index contributed by atoms with van der Waals surface area (Å²) in [5.74, 6) is 0.853. The molecule has 0 fully saturated rings. The van der Waals surface area contributed by atoms with Crippen molar-refractivity contribution < 1.29 is 0 Å². The summed E-state index contributed by atoms with van der Waals surface area (Å²) in [5.41, 5.74) is 1.33. The molecule has 0 unspecified atom stereocenters. The molecule has 0 radical (unpaired) electrons. The Balaban J connectivity index is 0.00000220. The summed E-state index contributed by atoms with van der Waals surface area (Å²) in [7, 11) is 0. The Bertz CT molecular complexity index is 577. The molecule has 0 atom stereocenters. The molecule has 21 heavy (non-hydrogen) atoms. The average molecular weight is 436 g/mol. The van der Waals surface area contributed by atoms with Crippen LogP contribution in [0.5, 0.6) is 0 Å². The quantitative estimate of drug-likeness (QED) is 0.427. The molecule has 0 saturated carbocycles. The first-order valence-corrected chi connectivity index (χ1v) is 8.35. The Morgan fingerprint density at radius 2 is 2.14 bits per heavy atom. The van der Waals surface area contributed by atoms with Gasteiger partial charge in [-0.15, -0.1) is 46.7 Å². The molecule has 2 aromatic heterocycles. The lowest BCUT2D eigenvalue weighted by Gasteiger charge is -2.10. The van der Waals surface area contributed by atoms with Crippen LogP contribution >= 0.6 is 46.7 Å². The van der Waals surface area contributed by atoms with Gasteiger partial charge in [0, 0.05) is 22.5 Å². The summed E-state index contributed by atoms with van der Waals surface area (Å²) < 4.78 is 0. The zero-order valence-electron chi connectivity index (χ0n) is 12.5. The fourth-order valence-electron chi connectivity index (χ4n) is 1.73. The molecule has 0 aliphatic carbocycles. The maximum atomic E-state index is 4.60. The molecule has 0 saturated heterocycles. The molecule has 0 amide bonds. The molecule has 4 nitrogen and oxygen atoms in total. The van der Waals surface area contributed by atoms with Crippen molar-refractivity contribution >= 4 is 52.6 Å².